The van der Waals surface area contributed by atoms with Crippen molar-refractivity contribution in [2.45, 2.75) is 0 Å². The molecule has 3 rings (SSSR count). The maximum atomic E-state index is 11.3. The number of hydrogen-bond donors (Lipinski definition) is 1. The number of amides is 1. The molecule has 2 heterocycles. The van der Waals surface area contributed by atoms with E-state index in [2.05, 4.69) is 16.0 Å². The standard InChI is InChI=1S/C16H10N4O/c17-7-10-1-3-11(4-2-10)13-9-19-8-12-5-6-14(16(18)21)20-15(12)13/h1-6,8-9H,(H2,18,21). The Balaban J connectivity index is 2.23. The van der Waals surface area contributed by atoms with Gasteiger partial charge in [-0.1, -0.05) is 12.1 Å². The van der Waals surface area contributed by atoms with Gasteiger partial charge in [-0.2, -0.15) is 5.26 Å². The van der Waals surface area contributed by atoms with Gasteiger partial charge in [0.25, 0.3) is 5.91 Å². The lowest BCUT2D eigenvalue weighted by atomic mass is 10.0. The first-order valence-electron chi connectivity index (χ1n) is 6.24. The van der Waals surface area contributed by atoms with Gasteiger partial charge in [-0.15, -0.1) is 0 Å². The summed E-state index contributed by atoms with van der Waals surface area (Å²) in [5.74, 6) is -0.570. The number of carbonyl (C=O) groups excluding carboxylic acids is 1. The van der Waals surface area contributed by atoms with Crippen LogP contribution in [-0.4, -0.2) is 15.9 Å². The summed E-state index contributed by atoms with van der Waals surface area (Å²) in [5.41, 5.74) is 8.40. The molecule has 0 unspecified atom stereocenters. The van der Waals surface area contributed by atoms with Crippen LogP contribution in [0.5, 0.6) is 0 Å². The Hall–Kier alpha value is -3.26. The van der Waals surface area contributed by atoms with Crippen molar-refractivity contribution in [1.82, 2.24) is 9.97 Å². The normalized spacial score (nSPS) is 10.2. The van der Waals surface area contributed by atoms with E-state index in [0.717, 1.165) is 16.5 Å². The number of nitriles is 1. The lowest BCUT2D eigenvalue weighted by molar-refractivity contribution is 0.0996. The Bertz CT molecular complexity index is 879. The lowest BCUT2D eigenvalue weighted by Crippen LogP contribution is -2.12. The Morgan fingerprint density at radius 3 is 2.52 bits per heavy atom. The van der Waals surface area contributed by atoms with Crippen molar-refractivity contribution < 1.29 is 4.79 Å². The summed E-state index contributed by atoms with van der Waals surface area (Å²) in [6.07, 6.45) is 3.36. The molecule has 0 aliphatic rings. The molecule has 3 aromatic rings. The summed E-state index contributed by atoms with van der Waals surface area (Å²) in [6.45, 7) is 0. The molecule has 0 spiro atoms. The van der Waals surface area contributed by atoms with Crippen molar-refractivity contribution >= 4 is 16.8 Å². The average molecular weight is 274 g/mol. The molecule has 0 radical (unpaired) electrons. The van der Waals surface area contributed by atoms with Crippen molar-refractivity contribution in [3.05, 3.63) is 60.0 Å². The van der Waals surface area contributed by atoms with Crippen LogP contribution in [0, 0.1) is 11.3 Å². The predicted molar refractivity (Wildman–Crippen MR) is 78.2 cm³/mol. The third-order valence-electron chi connectivity index (χ3n) is 3.18. The fourth-order valence-electron chi connectivity index (χ4n) is 2.12. The first-order valence-corrected chi connectivity index (χ1v) is 6.24. The highest BCUT2D eigenvalue weighted by atomic mass is 16.1. The summed E-state index contributed by atoms with van der Waals surface area (Å²) < 4.78 is 0. The van der Waals surface area contributed by atoms with Gasteiger partial charge in [-0.25, -0.2) is 4.98 Å². The van der Waals surface area contributed by atoms with Crippen LogP contribution >= 0.6 is 0 Å². The van der Waals surface area contributed by atoms with E-state index in [4.69, 9.17) is 11.0 Å². The van der Waals surface area contributed by atoms with E-state index in [9.17, 15) is 4.79 Å². The van der Waals surface area contributed by atoms with Crippen LogP contribution in [-0.2, 0) is 0 Å². The maximum absolute atomic E-state index is 11.3. The molecule has 0 atom stereocenters. The fraction of sp³-hybridized carbons (Fsp3) is 0. The van der Waals surface area contributed by atoms with Gasteiger partial charge in [0.15, 0.2) is 0 Å². The number of primary amides is 1. The number of benzene rings is 1. The topological polar surface area (TPSA) is 92.7 Å². The molecule has 100 valence electrons. The van der Waals surface area contributed by atoms with Crippen molar-refractivity contribution in [1.29, 1.82) is 5.26 Å². The molecular weight excluding hydrogens is 264 g/mol. The molecule has 0 fully saturated rings. The van der Waals surface area contributed by atoms with E-state index < -0.39 is 5.91 Å². The smallest absolute Gasteiger partial charge is 0.267 e. The van der Waals surface area contributed by atoms with Crippen LogP contribution in [0.25, 0.3) is 22.0 Å². The zero-order valence-electron chi connectivity index (χ0n) is 10.9. The van der Waals surface area contributed by atoms with Crippen LogP contribution in [0.1, 0.15) is 16.1 Å². The number of rotatable bonds is 2. The zero-order chi connectivity index (χ0) is 14.8. The molecule has 0 aliphatic heterocycles. The first kappa shape index (κ1) is 12.8. The third kappa shape index (κ3) is 2.30. The second-order valence-electron chi connectivity index (χ2n) is 4.51. The third-order valence-corrected chi connectivity index (χ3v) is 3.18. The van der Waals surface area contributed by atoms with E-state index in [0.29, 0.717) is 11.1 Å². The molecule has 0 saturated carbocycles. The minimum Gasteiger partial charge on any atom is -0.364 e. The van der Waals surface area contributed by atoms with Gasteiger partial charge in [-0.05, 0) is 29.8 Å². The second-order valence-corrected chi connectivity index (χ2v) is 4.51. The zero-order valence-corrected chi connectivity index (χ0v) is 10.9. The van der Waals surface area contributed by atoms with Gasteiger partial charge in [0, 0.05) is 23.3 Å². The van der Waals surface area contributed by atoms with Crippen LogP contribution in [0.3, 0.4) is 0 Å². The van der Waals surface area contributed by atoms with E-state index in [1.54, 1.807) is 36.7 Å². The van der Waals surface area contributed by atoms with Gasteiger partial charge in [0.05, 0.1) is 17.1 Å². The minimum absolute atomic E-state index is 0.212. The van der Waals surface area contributed by atoms with Gasteiger partial charge in [0.1, 0.15) is 5.69 Å². The molecular formula is C16H10N4O. The molecule has 21 heavy (non-hydrogen) atoms. The number of carbonyl (C=O) groups is 1. The minimum atomic E-state index is -0.570. The van der Waals surface area contributed by atoms with Gasteiger partial charge >= 0.3 is 0 Å². The van der Waals surface area contributed by atoms with Crippen LogP contribution in [0.2, 0.25) is 0 Å². The van der Waals surface area contributed by atoms with E-state index >= 15 is 0 Å². The number of pyridine rings is 2. The summed E-state index contributed by atoms with van der Waals surface area (Å²) in [7, 11) is 0. The summed E-state index contributed by atoms with van der Waals surface area (Å²) in [4.78, 5) is 19.8. The van der Waals surface area contributed by atoms with Gasteiger partial charge in [0.2, 0.25) is 0 Å². The molecule has 5 heteroatoms. The predicted octanol–water partition coefficient (Wildman–Crippen LogP) is 2.27. The van der Waals surface area contributed by atoms with E-state index in [1.165, 1.54) is 0 Å². The summed E-state index contributed by atoms with van der Waals surface area (Å²) in [5, 5.41) is 9.66. The van der Waals surface area contributed by atoms with Gasteiger partial charge in [-0.3, -0.25) is 9.78 Å². The molecule has 0 aliphatic carbocycles. The van der Waals surface area contributed by atoms with Crippen molar-refractivity contribution in [2.75, 3.05) is 0 Å². The lowest BCUT2D eigenvalue weighted by Gasteiger charge is -2.06. The van der Waals surface area contributed by atoms with Crippen molar-refractivity contribution in [3.63, 3.8) is 0 Å². The highest BCUT2D eigenvalue weighted by Crippen LogP contribution is 2.26. The first-order chi connectivity index (χ1) is 10.2. The molecule has 0 saturated heterocycles. The Labute approximate surface area is 120 Å². The van der Waals surface area contributed by atoms with Crippen molar-refractivity contribution in [3.8, 4) is 17.2 Å². The number of nitrogens with two attached hydrogens (primary N) is 1. The summed E-state index contributed by atoms with van der Waals surface area (Å²) >= 11 is 0. The Morgan fingerprint density at radius 1 is 1.10 bits per heavy atom. The maximum Gasteiger partial charge on any atom is 0.267 e. The number of hydrogen-bond acceptors (Lipinski definition) is 4. The fourth-order valence-corrected chi connectivity index (χ4v) is 2.12. The molecule has 1 aromatic carbocycles. The highest BCUT2D eigenvalue weighted by Gasteiger charge is 2.09. The average Bonchev–Trinajstić information content (AvgIpc) is 2.54. The van der Waals surface area contributed by atoms with Crippen LogP contribution in [0.15, 0.2) is 48.8 Å². The van der Waals surface area contributed by atoms with Gasteiger partial charge < -0.3 is 5.73 Å². The SMILES string of the molecule is N#Cc1ccc(-c2cncc3ccc(C(N)=O)nc23)cc1. The van der Waals surface area contributed by atoms with E-state index in [1.807, 2.05) is 12.1 Å². The van der Waals surface area contributed by atoms with E-state index in [-0.39, 0.29) is 5.69 Å². The highest BCUT2D eigenvalue weighted by molar-refractivity contribution is 5.97. The van der Waals surface area contributed by atoms with Crippen LogP contribution < -0.4 is 5.73 Å². The van der Waals surface area contributed by atoms with Crippen molar-refractivity contribution in [2.24, 2.45) is 5.73 Å². The molecule has 2 N–H and O–H groups in total. The van der Waals surface area contributed by atoms with Crippen LogP contribution in [0.4, 0.5) is 0 Å². The number of fused-ring (bicyclic) bond motifs is 1. The largest absolute Gasteiger partial charge is 0.364 e. The Kier molecular flexibility index (Phi) is 3.05. The second kappa shape index (κ2) is 5.02. The Morgan fingerprint density at radius 2 is 1.86 bits per heavy atom. The molecule has 2 aromatic heterocycles. The molecule has 0 bridgehead atoms. The number of nitrogens with zero attached hydrogens (tertiary/aromatic N) is 3. The molecule has 1 amide bonds. The summed E-state index contributed by atoms with van der Waals surface area (Å²) in [6, 6.07) is 12.5. The number of aromatic nitrogens is 2. The quantitative estimate of drug-likeness (QED) is 0.775. The monoisotopic (exact) mass is 274 g/mol. The molecule has 5 nitrogen and oxygen atoms in total.